The van der Waals surface area contributed by atoms with E-state index < -0.39 is 15.6 Å². The van der Waals surface area contributed by atoms with E-state index in [0.717, 1.165) is 0 Å². The van der Waals surface area contributed by atoms with Crippen LogP contribution >= 0.6 is 15.6 Å². The summed E-state index contributed by atoms with van der Waals surface area (Å²) in [4.78, 5) is 48.6. The van der Waals surface area contributed by atoms with Crippen molar-refractivity contribution < 1.29 is 38.5 Å². The molecule has 0 aliphatic heterocycles. The third-order valence-corrected chi connectivity index (χ3v) is 0. The fourth-order valence-corrected chi connectivity index (χ4v) is 0. The minimum absolute atomic E-state index is 0. The van der Waals surface area contributed by atoms with Crippen LogP contribution in [0, 0.1) is 0 Å². The second kappa shape index (κ2) is 10.9. The van der Waals surface area contributed by atoms with Crippen LogP contribution in [0.25, 0.3) is 0 Å². The Bertz CT molecular complexity index is 127. The summed E-state index contributed by atoms with van der Waals surface area (Å²) < 4.78 is 17.3. The van der Waals surface area contributed by atoms with E-state index in [1.807, 2.05) is 0 Å². The van der Waals surface area contributed by atoms with E-state index in [0.29, 0.717) is 0 Å². The first kappa shape index (κ1) is 24.5. The molecule has 0 heterocycles. The minimum atomic E-state index is -5.14. The van der Waals surface area contributed by atoms with Crippen LogP contribution in [-0.2, 0) is 9.13 Å². The van der Waals surface area contributed by atoms with Crippen LogP contribution in [0.2, 0.25) is 0 Å². The van der Waals surface area contributed by atoms with Crippen molar-refractivity contribution in [3.05, 3.63) is 0 Å². The zero-order chi connectivity index (χ0) is 9.00. The zero-order valence-electron chi connectivity index (χ0n) is 5.65. The molecule has 8 nitrogen and oxygen atoms in total. The molecule has 0 saturated heterocycles. The minimum Gasteiger partial charge on any atom is -0.790 e. The van der Waals surface area contributed by atoms with Crippen molar-refractivity contribution in [1.82, 2.24) is 0 Å². The molecule has 0 bridgehead atoms. The Kier molecular flexibility index (Phi) is 22.2. The van der Waals surface area contributed by atoms with Crippen LogP contribution < -0.4 is 19.6 Å². The summed E-state index contributed by atoms with van der Waals surface area (Å²) in [7, 11) is -10.3. The molecular weight excluding hydrogens is 465 g/mol. The molecule has 12 heteroatoms. The van der Waals surface area contributed by atoms with Crippen molar-refractivity contribution in [2.24, 2.45) is 0 Å². The fourth-order valence-electron chi connectivity index (χ4n) is 0. The molecule has 0 spiro atoms. The summed E-state index contributed by atoms with van der Waals surface area (Å²) in [5.41, 5.74) is 0. The van der Waals surface area contributed by atoms with Gasteiger partial charge >= 0.3 is 97.8 Å². The van der Waals surface area contributed by atoms with Crippen LogP contribution in [0.3, 0.4) is 0 Å². The van der Waals surface area contributed by atoms with Gasteiger partial charge in [0.1, 0.15) is 0 Å². The van der Waals surface area contributed by atoms with Gasteiger partial charge in [-0.15, -0.1) is 0 Å². The van der Waals surface area contributed by atoms with Gasteiger partial charge in [-0.25, -0.2) is 0 Å². The second-order valence-electron chi connectivity index (χ2n) is 0.937. The Balaban J connectivity index is -0.0000000457. The molecule has 64 valence electrons. The van der Waals surface area contributed by atoms with Crippen LogP contribution in [0.15, 0.2) is 0 Å². The van der Waals surface area contributed by atoms with Gasteiger partial charge in [-0.1, -0.05) is 0 Å². The molecule has 0 aromatic heterocycles. The van der Waals surface area contributed by atoms with Gasteiger partial charge in [0, 0.05) is 0 Å². The summed E-state index contributed by atoms with van der Waals surface area (Å²) in [6.45, 7) is 0. The maximum Gasteiger partial charge on any atom is 2.00 e. The largest absolute Gasteiger partial charge is 2.00 e. The van der Waals surface area contributed by atoms with E-state index >= 15 is 0 Å². The topological polar surface area (TPSA) is 167 Å². The Morgan fingerprint density at radius 1 is 0.750 bits per heavy atom. The van der Waals surface area contributed by atoms with Crippen molar-refractivity contribution in [3.63, 3.8) is 0 Å². The summed E-state index contributed by atoms with van der Waals surface area (Å²) >= 11 is 0. The molecule has 0 aliphatic rings. The Morgan fingerprint density at radius 3 is 0.750 bits per heavy atom. The van der Waals surface area contributed by atoms with Crippen molar-refractivity contribution in [3.8, 4) is 0 Å². The summed E-state index contributed by atoms with van der Waals surface area (Å²) in [6, 6.07) is 0. The van der Waals surface area contributed by atoms with E-state index in [1.165, 1.54) is 0 Å². The number of rotatable bonds is 0. The quantitative estimate of drug-likeness (QED) is 0.264. The van der Waals surface area contributed by atoms with Crippen LogP contribution in [-0.4, -0.2) is 108 Å². The molecule has 0 saturated carbocycles. The molecular formula is H2Ba2O8P2. The summed E-state index contributed by atoms with van der Waals surface area (Å²) in [5.74, 6) is 0. The van der Waals surface area contributed by atoms with E-state index in [1.54, 1.807) is 0 Å². The van der Waals surface area contributed by atoms with E-state index in [2.05, 4.69) is 0 Å². The maximum absolute atomic E-state index is 8.66. The average Bonchev–Trinajstić information content (AvgIpc) is 1.12. The van der Waals surface area contributed by atoms with Gasteiger partial charge in [-0.2, -0.15) is 0 Å². The van der Waals surface area contributed by atoms with Gasteiger partial charge in [0.25, 0.3) is 0 Å². The molecule has 0 rings (SSSR count). The molecule has 0 radical (unpaired) electrons. The maximum atomic E-state index is 8.66. The predicted molar refractivity (Wildman–Crippen MR) is 31.2 cm³/mol. The predicted octanol–water partition coefficient (Wildman–Crippen LogP) is -5.15. The van der Waals surface area contributed by atoms with E-state index in [-0.39, 0.29) is 97.8 Å². The fraction of sp³-hybridized carbons (Fsp3) is 0. The standard InChI is InChI=1S/2Ba.2H3O4P/c;;2*1-5(2,3)4/h;;2*(H3,1,2,3,4)/q2*+2;;/p-4. The average molecular weight is 467 g/mol. The Hall–Kier alpha value is 3.36. The zero-order valence-corrected chi connectivity index (χ0v) is 16.3. The first-order chi connectivity index (χ1) is 4.00. The van der Waals surface area contributed by atoms with Crippen molar-refractivity contribution in [2.45, 2.75) is 0 Å². The number of hydrogen-bond acceptors (Lipinski definition) is 6. The van der Waals surface area contributed by atoms with Gasteiger partial charge in [0.2, 0.25) is 0 Å². The first-order valence-corrected chi connectivity index (χ1v) is 4.49. The molecule has 0 aliphatic carbocycles. The third kappa shape index (κ3) is 181. The van der Waals surface area contributed by atoms with E-state index in [9.17, 15) is 0 Å². The monoisotopic (exact) mass is 468 g/mol. The third-order valence-electron chi connectivity index (χ3n) is 0. The van der Waals surface area contributed by atoms with Crippen LogP contribution in [0.1, 0.15) is 0 Å². The van der Waals surface area contributed by atoms with Crippen molar-refractivity contribution >= 4 is 113 Å². The Morgan fingerprint density at radius 2 is 0.750 bits per heavy atom. The van der Waals surface area contributed by atoms with E-state index in [4.69, 9.17) is 38.5 Å². The molecule has 0 amide bonds. The Labute approximate surface area is 148 Å². The van der Waals surface area contributed by atoms with Gasteiger partial charge in [-0.3, -0.25) is 0 Å². The molecule has 0 aromatic carbocycles. The van der Waals surface area contributed by atoms with Crippen molar-refractivity contribution in [1.29, 1.82) is 0 Å². The molecule has 0 atom stereocenters. The summed E-state index contributed by atoms with van der Waals surface area (Å²) in [6.07, 6.45) is 0. The smallest absolute Gasteiger partial charge is 0.790 e. The van der Waals surface area contributed by atoms with Crippen molar-refractivity contribution in [2.75, 3.05) is 0 Å². The first-order valence-electron chi connectivity index (χ1n) is 1.50. The molecule has 0 unspecified atom stereocenters. The molecule has 2 N–H and O–H groups in total. The van der Waals surface area contributed by atoms with Gasteiger partial charge in [-0.05, 0) is 0 Å². The van der Waals surface area contributed by atoms with Gasteiger partial charge in [0.05, 0.1) is 15.6 Å². The SMILES string of the molecule is O=P([O-])([O-])O.O=P([O-])([O-])O.[Ba+2].[Ba+2]. The van der Waals surface area contributed by atoms with Crippen LogP contribution in [0.4, 0.5) is 0 Å². The second-order valence-corrected chi connectivity index (χ2v) is 2.81. The number of hydrogen-bond donors (Lipinski definition) is 2. The van der Waals surface area contributed by atoms with Crippen LogP contribution in [0.5, 0.6) is 0 Å². The normalized spacial score (nSPS) is 9.83. The number of phosphoric acid groups is 2. The molecule has 0 aromatic rings. The molecule has 12 heavy (non-hydrogen) atoms. The van der Waals surface area contributed by atoms with Gasteiger partial charge < -0.3 is 38.5 Å². The summed E-state index contributed by atoms with van der Waals surface area (Å²) in [5, 5.41) is 0. The molecule has 0 fully saturated rings. The van der Waals surface area contributed by atoms with Gasteiger partial charge in [0.15, 0.2) is 0 Å².